The maximum atomic E-state index is 13.5. The largest absolute Gasteiger partial charge is 0.321 e. The molecule has 0 saturated carbocycles. The van der Waals surface area contributed by atoms with Crippen LogP contribution in [0, 0.1) is 11.3 Å². The van der Waals surface area contributed by atoms with Gasteiger partial charge in [-0.15, -0.1) is 0 Å². The zero-order chi connectivity index (χ0) is 23.2. The first-order chi connectivity index (χ1) is 16.1. The van der Waals surface area contributed by atoms with Crippen molar-refractivity contribution in [2.24, 2.45) is 0 Å². The Balaban J connectivity index is 1.69. The predicted octanol–water partition coefficient (Wildman–Crippen LogP) is 5.31. The standard InChI is InChI=1S/C27H23N3O2S/c1-2-19-13-15-20(16-14-19)17-24-26(32)30(22-11-7-4-8-12-22)27(33-24)23(18-28)25(31)29-21-9-5-3-6-10-21/h3-16,24H,2,17H2,1H3,(H,29,31). The summed E-state index contributed by atoms with van der Waals surface area (Å²) in [5.74, 6) is -0.672. The zero-order valence-electron chi connectivity index (χ0n) is 18.2. The molecule has 0 aromatic heterocycles. The van der Waals surface area contributed by atoms with Gasteiger partial charge in [0.15, 0.2) is 0 Å². The van der Waals surface area contributed by atoms with Gasteiger partial charge in [-0.3, -0.25) is 14.5 Å². The van der Waals surface area contributed by atoms with E-state index in [0.717, 1.165) is 12.0 Å². The van der Waals surface area contributed by atoms with E-state index >= 15 is 0 Å². The van der Waals surface area contributed by atoms with Gasteiger partial charge in [0.1, 0.15) is 16.7 Å². The molecule has 1 saturated heterocycles. The average Bonchev–Trinajstić information content (AvgIpc) is 3.16. The minimum atomic E-state index is -0.534. The molecule has 164 valence electrons. The maximum Gasteiger partial charge on any atom is 0.269 e. The van der Waals surface area contributed by atoms with Gasteiger partial charge in [0.05, 0.1) is 5.25 Å². The second-order valence-electron chi connectivity index (χ2n) is 7.60. The lowest BCUT2D eigenvalue weighted by Crippen LogP contribution is -2.30. The number of para-hydroxylation sites is 2. The van der Waals surface area contributed by atoms with Crippen LogP contribution in [0.25, 0.3) is 0 Å². The fourth-order valence-electron chi connectivity index (χ4n) is 3.64. The number of thioether (sulfide) groups is 1. The van der Waals surface area contributed by atoms with Crippen LogP contribution in [0.1, 0.15) is 18.1 Å². The summed E-state index contributed by atoms with van der Waals surface area (Å²) in [6, 6.07) is 28.3. The molecular formula is C27H23N3O2S. The number of benzene rings is 3. The smallest absolute Gasteiger partial charge is 0.269 e. The van der Waals surface area contributed by atoms with Crippen molar-refractivity contribution >= 4 is 35.0 Å². The highest BCUT2D eigenvalue weighted by atomic mass is 32.2. The Labute approximate surface area is 197 Å². The quantitative estimate of drug-likeness (QED) is 0.405. The van der Waals surface area contributed by atoms with Gasteiger partial charge in [-0.1, -0.05) is 79.3 Å². The molecule has 1 heterocycles. The number of amides is 2. The molecule has 0 spiro atoms. The van der Waals surface area contributed by atoms with E-state index in [9.17, 15) is 14.9 Å². The number of aryl methyl sites for hydroxylation is 1. The van der Waals surface area contributed by atoms with Gasteiger partial charge in [0.2, 0.25) is 5.91 Å². The van der Waals surface area contributed by atoms with Crippen molar-refractivity contribution in [1.29, 1.82) is 5.26 Å². The average molecular weight is 454 g/mol. The van der Waals surface area contributed by atoms with Crippen molar-refractivity contribution < 1.29 is 9.59 Å². The minimum absolute atomic E-state index is 0.0788. The van der Waals surface area contributed by atoms with E-state index in [0.29, 0.717) is 22.8 Å². The highest BCUT2D eigenvalue weighted by Gasteiger charge is 2.40. The predicted molar refractivity (Wildman–Crippen MR) is 133 cm³/mol. The molecule has 1 fully saturated rings. The number of hydrogen-bond acceptors (Lipinski definition) is 4. The lowest BCUT2D eigenvalue weighted by atomic mass is 10.1. The monoisotopic (exact) mass is 453 g/mol. The Bertz CT molecular complexity index is 1220. The third-order valence-electron chi connectivity index (χ3n) is 5.40. The maximum absolute atomic E-state index is 13.5. The molecule has 3 aromatic rings. The molecule has 6 heteroatoms. The van der Waals surface area contributed by atoms with Gasteiger partial charge >= 0.3 is 0 Å². The molecule has 1 unspecified atom stereocenters. The fraction of sp³-hybridized carbons (Fsp3) is 0.148. The molecule has 0 bridgehead atoms. The Hall–Kier alpha value is -3.82. The van der Waals surface area contributed by atoms with Crippen molar-refractivity contribution in [2.45, 2.75) is 25.0 Å². The topological polar surface area (TPSA) is 73.2 Å². The molecule has 0 radical (unpaired) electrons. The van der Waals surface area contributed by atoms with Crippen LogP contribution in [0.15, 0.2) is 95.5 Å². The number of rotatable bonds is 6. The Kier molecular flexibility index (Phi) is 6.92. The Morgan fingerprint density at radius 1 is 0.970 bits per heavy atom. The first-order valence-electron chi connectivity index (χ1n) is 10.7. The number of nitriles is 1. The molecule has 33 heavy (non-hydrogen) atoms. The van der Waals surface area contributed by atoms with Gasteiger partial charge in [-0.25, -0.2) is 0 Å². The fourth-order valence-corrected chi connectivity index (χ4v) is 4.95. The Morgan fingerprint density at radius 3 is 2.18 bits per heavy atom. The molecule has 1 aliphatic heterocycles. The molecular weight excluding hydrogens is 430 g/mol. The summed E-state index contributed by atoms with van der Waals surface area (Å²) in [7, 11) is 0. The van der Waals surface area contributed by atoms with E-state index in [1.165, 1.54) is 22.2 Å². The van der Waals surface area contributed by atoms with Gasteiger partial charge in [-0.05, 0) is 48.2 Å². The van der Waals surface area contributed by atoms with Gasteiger partial charge in [0, 0.05) is 11.4 Å². The van der Waals surface area contributed by atoms with Crippen molar-refractivity contribution in [3.63, 3.8) is 0 Å². The molecule has 0 aliphatic carbocycles. The zero-order valence-corrected chi connectivity index (χ0v) is 19.0. The van der Waals surface area contributed by atoms with E-state index in [1.807, 2.05) is 42.5 Å². The number of hydrogen-bond donors (Lipinski definition) is 1. The highest BCUT2D eigenvalue weighted by Crippen LogP contribution is 2.42. The van der Waals surface area contributed by atoms with E-state index in [-0.39, 0.29) is 11.5 Å². The molecule has 3 aromatic carbocycles. The van der Waals surface area contributed by atoms with Gasteiger partial charge in [-0.2, -0.15) is 5.26 Å². The van der Waals surface area contributed by atoms with Crippen molar-refractivity contribution in [3.8, 4) is 6.07 Å². The summed E-state index contributed by atoms with van der Waals surface area (Å²) in [5, 5.41) is 12.6. The number of anilines is 2. The first kappa shape index (κ1) is 22.4. The molecule has 5 nitrogen and oxygen atoms in total. The second kappa shape index (κ2) is 10.2. The number of nitrogens with zero attached hydrogens (tertiary/aromatic N) is 2. The highest BCUT2D eigenvalue weighted by molar-refractivity contribution is 8.05. The molecule has 2 amide bonds. The van der Waals surface area contributed by atoms with Crippen LogP contribution in [-0.2, 0) is 22.4 Å². The third-order valence-corrected chi connectivity index (χ3v) is 6.67. The number of carbonyl (C=O) groups excluding carboxylic acids is 2. The van der Waals surface area contributed by atoms with E-state index in [2.05, 4.69) is 24.4 Å². The molecule has 1 atom stereocenters. The lowest BCUT2D eigenvalue weighted by Gasteiger charge is -2.18. The van der Waals surface area contributed by atoms with Crippen LogP contribution >= 0.6 is 11.8 Å². The number of nitrogens with one attached hydrogen (secondary N) is 1. The molecule has 4 rings (SSSR count). The van der Waals surface area contributed by atoms with Crippen LogP contribution in [0.3, 0.4) is 0 Å². The summed E-state index contributed by atoms with van der Waals surface area (Å²) in [6.07, 6.45) is 1.47. The number of carbonyl (C=O) groups is 2. The van der Waals surface area contributed by atoms with E-state index in [1.54, 1.807) is 36.4 Å². The van der Waals surface area contributed by atoms with Crippen molar-refractivity contribution in [1.82, 2.24) is 0 Å². The minimum Gasteiger partial charge on any atom is -0.321 e. The summed E-state index contributed by atoms with van der Waals surface area (Å²) < 4.78 is 0. The van der Waals surface area contributed by atoms with Crippen LogP contribution in [0.5, 0.6) is 0 Å². The van der Waals surface area contributed by atoms with Crippen LogP contribution in [0.2, 0.25) is 0 Å². The SMILES string of the molecule is CCc1ccc(CC2SC(=C(C#N)C(=O)Nc3ccccc3)N(c3ccccc3)C2=O)cc1. The first-order valence-corrected chi connectivity index (χ1v) is 11.6. The summed E-state index contributed by atoms with van der Waals surface area (Å²) in [4.78, 5) is 28.0. The van der Waals surface area contributed by atoms with Gasteiger partial charge in [0.25, 0.3) is 5.91 Å². The van der Waals surface area contributed by atoms with Crippen molar-refractivity contribution in [3.05, 3.63) is 107 Å². The van der Waals surface area contributed by atoms with Crippen LogP contribution in [0.4, 0.5) is 11.4 Å². The van der Waals surface area contributed by atoms with Crippen molar-refractivity contribution in [2.75, 3.05) is 10.2 Å². The Morgan fingerprint density at radius 2 is 1.58 bits per heavy atom. The summed E-state index contributed by atoms with van der Waals surface area (Å²) in [5.41, 5.74) is 3.42. The lowest BCUT2D eigenvalue weighted by molar-refractivity contribution is -0.117. The second-order valence-corrected chi connectivity index (χ2v) is 8.79. The van der Waals surface area contributed by atoms with E-state index in [4.69, 9.17) is 0 Å². The van der Waals surface area contributed by atoms with Gasteiger partial charge < -0.3 is 5.32 Å². The van der Waals surface area contributed by atoms with E-state index < -0.39 is 11.2 Å². The van der Waals surface area contributed by atoms with Crippen LogP contribution in [-0.4, -0.2) is 17.1 Å². The third kappa shape index (κ3) is 5.00. The summed E-state index contributed by atoms with van der Waals surface area (Å²) in [6.45, 7) is 2.10. The molecule has 1 N–H and O–H groups in total. The summed E-state index contributed by atoms with van der Waals surface area (Å²) >= 11 is 1.27. The van der Waals surface area contributed by atoms with Crippen LogP contribution < -0.4 is 10.2 Å². The molecule has 1 aliphatic rings. The normalized spacial score (nSPS) is 16.9.